The van der Waals surface area contributed by atoms with Gasteiger partial charge in [0.05, 0.1) is 17.6 Å². The van der Waals surface area contributed by atoms with Crippen LogP contribution in [-0.4, -0.2) is 25.7 Å². The van der Waals surface area contributed by atoms with E-state index >= 15 is 0 Å². The predicted molar refractivity (Wildman–Crippen MR) is 108 cm³/mol. The largest absolute Gasteiger partial charge is 0.267 e. The lowest BCUT2D eigenvalue weighted by atomic mass is 10.1. The smallest absolute Gasteiger partial charge is 0.232 e. The van der Waals surface area contributed by atoms with Crippen molar-refractivity contribution in [1.29, 1.82) is 0 Å². The fourth-order valence-corrected chi connectivity index (χ4v) is 5.67. The third kappa shape index (κ3) is 3.04. The lowest BCUT2D eigenvalue weighted by molar-refractivity contribution is 0.590. The van der Waals surface area contributed by atoms with Gasteiger partial charge in [0.15, 0.2) is 0 Å². The Hall–Kier alpha value is -2.18. The molecular weight excluding hydrogens is 364 g/mol. The molecule has 2 heterocycles. The van der Waals surface area contributed by atoms with Crippen LogP contribution in [0, 0.1) is 6.92 Å². The second kappa shape index (κ2) is 6.21. The number of fused-ring (bicyclic) bond motifs is 1. The van der Waals surface area contributed by atoms with E-state index in [0.717, 1.165) is 39.5 Å². The lowest BCUT2D eigenvalue weighted by Crippen LogP contribution is -2.34. The minimum Gasteiger partial charge on any atom is -0.267 e. The highest BCUT2D eigenvalue weighted by molar-refractivity contribution is 7.92. The first kappa shape index (κ1) is 17.2. The van der Waals surface area contributed by atoms with Gasteiger partial charge in [-0.05, 0) is 44.0 Å². The first-order valence-corrected chi connectivity index (χ1v) is 11.2. The molecule has 0 amide bonds. The Balaban J connectivity index is 1.70. The van der Waals surface area contributed by atoms with E-state index in [9.17, 15) is 8.42 Å². The molecule has 2 aromatic carbocycles. The van der Waals surface area contributed by atoms with Crippen LogP contribution in [-0.2, 0) is 16.4 Å². The minimum absolute atomic E-state index is 0.0476. The van der Waals surface area contributed by atoms with Crippen molar-refractivity contribution in [3.05, 3.63) is 59.0 Å². The fourth-order valence-electron chi connectivity index (χ4n) is 3.58. The zero-order valence-corrected chi connectivity index (χ0v) is 16.6. The van der Waals surface area contributed by atoms with Crippen LogP contribution in [0.4, 0.5) is 5.69 Å². The van der Waals surface area contributed by atoms with E-state index in [1.807, 2.05) is 25.1 Å². The van der Waals surface area contributed by atoms with Crippen molar-refractivity contribution in [2.75, 3.05) is 10.6 Å². The molecule has 0 aliphatic carbocycles. The van der Waals surface area contributed by atoms with Crippen LogP contribution in [0.5, 0.6) is 0 Å². The van der Waals surface area contributed by atoms with E-state index in [0.29, 0.717) is 0 Å². The first-order valence-electron chi connectivity index (χ1n) is 8.48. The van der Waals surface area contributed by atoms with Gasteiger partial charge in [0.2, 0.25) is 10.0 Å². The molecule has 3 aromatic rings. The van der Waals surface area contributed by atoms with Crippen molar-refractivity contribution < 1.29 is 8.42 Å². The number of hydrogen-bond acceptors (Lipinski definition) is 4. The summed E-state index contributed by atoms with van der Waals surface area (Å²) in [5.74, 6) is 0. The normalized spacial score (nSPS) is 16.7. The highest BCUT2D eigenvalue weighted by Crippen LogP contribution is 2.37. The monoisotopic (exact) mass is 384 g/mol. The minimum atomic E-state index is -3.26. The first-order chi connectivity index (χ1) is 12.3. The van der Waals surface area contributed by atoms with E-state index in [1.165, 1.54) is 16.1 Å². The van der Waals surface area contributed by atoms with Crippen molar-refractivity contribution in [3.8, 4) is 21.8 Å². The molecule has 4 nitrogen and oxygen atoms in total. The zero-order valence-electron chi connectivity index (χ0n) is 14.9. The molecule has 4 rings (SSSR count). The zero-order chi connectivity index (χ0) is 18.5. The maximum atomic E-state index is 12.1. The maximum Gasteiger partial charge on any atom is 0.232 e. The SMILES string of the molecule is Cc1cccc(-c2nc(-c3ccc4c(c3)CC(C)N4S(C)(=O)=O)cs2)c1. The molecule has 1 aliphatic heterocycles. The van der Waals surface area contributed by atoms with Gasteiger partial charge in [0.25, 0.3) is 0 Å². The van der Waals surface area contributed by atoms with Crippen LogP contribution in [0.3, 0.4) is 0 Å². The number of benzene rings is 2. The topological polar surface area (TPSA) is 50.3 Å². The van der Waals surface area contributed by atoms with Crippen LogP contribution < -0.4 is 4.31 Å². The fraction of sp³-hybridized carbons (Fsp3) is 0.250. The summed E-state index contributed by atoms with van der Waals surface area (Å²) in [6, 6.07) is 14.2. The Morgan fingerprint density at radius 1 is 1.15 bits per heavy atom. The third-order valence-corrected chi connectivity index (χ3v) is 6.82. The van der Waals surface area contributed by atoms with Crippen molar-refractivity contribution in [2.24, 2.45) is 0 Å². The average Bonchev–Trinajstić information content (AvgIpc) is 3.17. The van der Waals surface area contributed by atoms with E-state index in [1.54, 1.807) is 11.3 Å². The molecule has 0 bridgehead atoms. The molecule has 6 heteroatoms. The summed E-state index contributed by atoms with van der Waals surface area (Å²) >= 11 is 1.63. The average molecular weight is 385 g/mol. The molecule has 0 saturated heterocycles. The third-order valence-electron chi connectivity index (χ3n) is 4.65. The Bertz CT molecular complexity index is 1090. The Labute approximate surface area is 158 Å². The number of rotatable bonds is 3. The van der Waals surface area contributed by atoms with Crippen molar-refractivity contribution in [3.63, 3.8) is 0 Å². The second-order valence-electron chi connectivity index (χ2n) is 6.86. The molecule has 1 unspecified atom stereocenters. The number of sulfonamides is 1. The summed E-state index contributed by atoms with van der Waals surface area (Å²) in [4.78, 5) is 4.79. The molecule has 0 spiro atoms. The van der Waals surface area contributed by atoms with Gasteiger partial charge in [0, 0.05) is 22.5 Å². The molecule has 0 saturated carbocycles. The van der Waals surface area contributed by atoms with Crippen LogP contribution in [0.15, 0.2) is 47.8 Å². The summed E-state index contributed by atoms with van der Waals surface area (Å²) < 4.78 is 25.6. The van der Waals surface area contributed by atoms with Crippen molar-refractivity contribution >= 4 is 27.0 Å². The van der Waals surface area contributed by atoms with E-state index in [2.05, 4.69) is 36.6 Å². The number of nitrogens with zero attached hydrogens (tertiary/aromatic N) is 2. The summed E-state index contributed by atoms with van der Waals surface area (Å²) in [6.45, 7) is 4.02. The predicted octanol–water partition coefficient (Wildman–Crippen LogP) is 4.50. The van der Waals surface area contributed by atoms with Crippen LogP contribution >= 0.6 is 11.3 Å². The molecule has 26 heavy (non-hydrogen) atoms. The standard InChI is InChI=1S/C20H20N2O2S2/c1-13-5-4-6-16(9-13)20-21-18(12-25-20)15-7-8-19-17(11-15)10-14(2)22(19)26(3,23)24/h4-9,11-12,14H,10H2,1-3H3. The van der Waals surface area contributed by atoms with Gasteiger partial charge in [-0.1, -0.05) is 29.8 Å². The molecule has 0 radical (unpaired) electrons. The number of anilines is 1. The summed E-state index contributed by atoms with van der Waals surface area (Å²) in [6.07, 6.45) is 1.99. The molecule has 0 fully saturated rings. The van der Waals surface area contributed by atoms with E-state index < -0.39 is 10.0 Å². The molecule has 134 valence electrons. The number of aryl methyl sites for hydroxylation is 1. The van der Waals surface area contributed by atoms with Gasteiger partial charge in [-0.2, -0.15) is 0 Å². The summed E-state index contributed by atoms with van der Waals surface area (Å²) in [5.41, 5.74) is 6.15. The maximum absolute atomic E-state index is 12.1. The molecule has 1 aliphatic rings. The van der Waals surface area contributed by atoms with Gasteiger partial charge >= 0.3 is 0 Å². The van der Waals surface area contributed by atoms with Gasteiger partial charge in [-0.3, -0.25) is 4.31 Å². The molecule has 0 N–H and O–H groups in total. The Kier molecular flexibility index (Phi) is 4.12. The highest BCUT2D eigenvalue weighted by Gasteiger charge is 2.32. The quantitative estimate of drug-likeness (QED) is 0.668. The summed E-state index contributed by atoms with van der Waals surface area (Å²) in [5, 5.41) is 3.06. The van der Waals surface area contributed by atoms with Crippen LogP contribution in [0.25, 0.3) is 21.8 Å². The van der Waals surface area contributed by atoms with Crippen molar-refractivity contribution in [1.82, 2.24) is 4.98 Å². The number of thiazole rings is 1. The van der Waals surface area contributed by atoms with Crippen LogP contribution in [0.2, 0.25) is 0 Å². The number of aromatic nitrogens is 1. The summed E-state index contributed by atoms with van der Waals surface area (Å²) in [7, 11) is -3.26. The second-order valence-corrected chi connectivity index (χ2v) is 9.58. The van der Waals surface area contributed by atoms with Gasteiger partial charge < -0.3 is 0 Å². The highest BCUT2D eigenvalue weighted by atomic mass is 32.2. The van der Waals surface area contributed by atoms with E-state index in [4.69, 9.17) is 4.98 Å². The van der Waals surface area contributed by atoms with Gasteiger partial charge in [-0.25, -0.2) is 13.4 Å². The Morgan fingerprint density at radius 3 is 2.69 bits per heavy atom. The molecule has 1 aromatic heterocycles. The molecule has 1 atom stereocenters. The van der Waals surface area contributed by atoms with Gasteiger partial charge in [0.1, 0.15) is 5.01 Å². The van der Waals surface area contributed by atoms with E-state index in [-0.39, 0.29) is 6.04 Å². The van der Waals surface area contributed by atoms with Crippen LogP contribution in [0.1, 0.15) is 18.1 Å². The number of hydrogen-bond donors (Lipinski definition) is 0. The van der Waals surface area contributed by atoms with Gasteiger partial charge in [-0.15, -0.1) is 11.3 Å². The molecular formula is C20H20N2O2S2. The lowest BCUT2D eigenvalue weighted by Gasteiger charge is -2.21. The Morgan fingerprint density at radius 2 is 1.96 bits per heavy atom. The van der Waals surface area contributed by atoms with Crippen molar-refractivity contribution in [2.45, 2.75) is 26.3 Å².